The van der Waals surface area contributed by atoms with Crippen LogP contribution in [0.15, 0.2) is 18.3 Å². The summed E-state index contributed by atoms with van der Waals surface area (Å²) in [5.41, 5.74) is 0.146. The van der Waals surface area contributed by atoms with E-state index < -0.39 is 17.6 Å². The van der Waals surface area contributed by atoms with Crippen molar-refractivity contribution in [3.63, 3.8) is 0 Å². The number of esters is 1. The van der Waals surface area contributed by atoms with E-state index in [1.807, 2.05) is 6.92 Å². The molecule has 0 aliphatic heterocycles. The maximum absolute atomic E-state index is 13.3. The summed E-state index contributed by atoms with van der Waals surface area (Å²) in [7, 11) is 1.62. The summed E-state index contributed by atoms with van der Waals surface area (Å²) in [5, 5.41) is 4.14. The summed E-state index contributed by atoms with van der Waals surface area (Å²) < 4.78 is 32.8. The molecule has 0 saturated heterocycles. The first kappa shape index (κ1) is 15.9. The summed E-state index contributed by atoms with van der Waals surface area (Å²) in [6.07, 6.45) is 0.806. The van der Waals surface area contributed by atoms with Gasteiger partial charge in [-0.1, -0.05) is 0 Å². The first-order valence-corrected chi connectivity index (χ1v) is 6.77. The minimum absolute atomic E-state index is 0.146. The molecule has 2 aromatic rings. The molecule has 0 radical (unpaired) electrons. The number of nitrogens with zero attached hydrogens (tertiary/aromatic N) is 4. The van der Waals surface area contributed by atoms with E-state index in [4.69, 9.17) is 4.74 Å². The number of hydrogen-bond acceptors (Lipinski definition) is 5. The van der Waals surface area contributed by atoms with E-state index in [0.717, 1.165) is 12.3 Å². The van der Waals surface area contributed by atoms with Crippen LogP contribution in [0.4, 0.5) is 20.4 Å². The second kappa shape index (κ2) is 6.50. The van der Waals surface area contributed by atoms with Crippen LogP contribution in [0.1, 0.15) is 24.3 Å². The number of anilines is 2. The fourth-order valence-corrected chi connectivity index (χ4v) is 1.92. The molecule has 0 fully saturated rings. The maximum Gasteiger partial charge on any atom is 0.358 e. The Morgan fingerprint density at radius 2 is 2.05 bits per heavy atom. The van der Waals surface area contributed by atoms with Crippen molar-refractivity contribution in [3.05, 3.63) is 35.7 Å². The monoisotopic (exact) mass is 310 g/mol. The highest BCUT2D eigenvalue weighted by molar-refractivity contribution is 5.88. The summed E-state index contributed by atoms with van der Waals surface area (Å²) >= 11 is 0. The second-order valence-electron chi connectivity index (χ2n) is 4.44. The zero-order valence-corrected chi connectivity index (χ0v) is 12.5. The lowest BCUT2D eigenvalue weighted by atomic mass is 10.3. The molecule has 0 aliphatic carbocycles. The van der Waals surface area contributed by atoms with E-state index in [9.17, 15) is 13.6 Å². The topological polar surface area (TPSA) is 60.2 Å². The minimum atomic E-state index is -1.02. The number of rotatable bonds is 5. The molecule has 2 aromatic heterocycles. The van der Waals surface area contributed by atoms with Gasteiger partial charge in [0.1, 0.15) is 11.6 Å². The van der Waals surface area contributed by atoms with Gasteiger partial charge >= 0.3 is 5.97 Å². The first-order chi connectivity index (χ1) is 10.5. The van der Waals surface area contributed by atoms with Crippen LogP contribution in [-0.4, -0.2) is 34.4 Å². The molecule has 0 saturated carbocycles. The van der Waals surface area contributed by atoms with E-state index in [1.54, 1.807) is 18.7 Å². The van der Waals surface area contributed by atoms with Gasteiger partial charge in [0.2, 0.25) is 0 Å². The van der Waals surface area contributed by atoms with E-state index in [-0.39, 0.29) is 18.1 Å². The Balaban J connectivity index is 2.37. The Hall–Kier alpha value is -2.51. The largest absolute Gasteiger partial charge is 0.461 e. The van der Waals surface area contributed by atoms with Gasteiger partial charge in [-0.25, -0.2) is 23.2 Å². The third kappa shape index (κ3) is 3.05. The van der Waals surface area contributed by atoms with Gasteiger partial charge in [0.15, 0.2) is 17.3 Å². The van der Waals surface area contributed by atoms with E-state index in [2.05, 4.69) is 10.1 Å². The van der Waals surface area contributed by atoms with Gasteiger partial charge in [0.05, 0.1) is 12.8 Å². The number of aryl methyl sites for hydroxylation is 1. The lowest BCUT2D eigenvalue weighted by Gasteiger charge is -2.18. The highest BCUT2D eigenvalue weighted by Gasteiger charge is 2.19. The van der Waals surface area contributed by atoms with Crippen molar-refractivity contribution < 1.29 is 18.3 Å². The van der Waals surface area contributed by atoms with Gasteiger partial charge in [0, 0.05) is 25.7 Å². The Bertz CT molecular complexity index is 687. The molecule has 0 spiro atoms. The highest BCUT2D eigenvalue weighted by atomic mass is 19.2. The fourth-order valence-electron chi connectivity index (χ4n) is 1.92. The molecule has 2 heterocycles. The number of pyridine rings is 1. The van der Waals surface area contributed by atoms with Crippen molar-refractivity contribution in [3.8, 4) is 0 Å². The smallest absolute Gasteiger partial charge is 0.358 e. The number of carbonyl (C=O) groups excluding carboxylic acids is 1. The zero-order chi connectivity index (χ0) is 16.3. The van der Waals surface area contributed by atoms with Crippen LogP contribution in [0.25, 0.3) is 0 Å². The molecule has 0 unspecified atom stereocenters. The summed E-state index contributed by atoms with van der Waals surface area (Å²) in [4.78, 5) is 17.1. The van der Waals surface area contributed by atoms with Crippen molar-refractivity contribution in [2.24, 2.45) is 0 Å². The molecular formula is C14H16F2N4O2. The van der Waals surface area contributed by atoms with Crippen LogP contribution in [-0.2, 0) is 11.3 Å². The quantitative estimate of drug-likeness (QED) is 0.794. The number of carbonyl (C=O) groups is 1. The number of ether oxygens (including phenoxy) is 1. The fraction of sp³-hybridized carbons (Fsp3) is 0.357. The van der Waals surface area contributed by atoms with Crippen LogP contribution >= 0.6 is 0 Å². The van der Waals surface area contributed by atoms with Crippen molar-refractivity contribution in [2.45, 2.75) is 20.4 Å². The van der Waals surface area contributed by atoms with Crippen molar-refractivity contribution in [1.82, 2.24) is 14.8 Å². The molecule has 2 rings (SSSR count). The molecule has 0 atom stereocenters. The molecule has 8 heteroatoms. The van der Waals surface area contributed by atoms with Gasteiger partial charge in [-0.3, -0.25) is 0 Å². The summed E-state index contributed by atoms with van der Waals surface area (Å²) in [6.45, 7) is 4.28. The Morgan fingerprint density at radius 1 is 1.32 bits per heavy atom. The third-order valence-corrected chi connectivity index (χ3v) is 3.02. The van der Waals surface area contributed by atoms with Gasteiger partial charge in [0.25, 0.3) is 0 Å². The average Bonchev–Trinajstić information content (AvgIpc) is 2.94. The molecule has 118 valence electrons. The van der Waals surface area contributed by atoms with Gasteiger partial charge < -0.3 is 9.64 Å². The molecule has 0 bridgehead atoms. The SMILES string of the molecule is CCOC(=O)c1cc(N(C)c2cc(F)c(F)cn2)n(CC)n1. The third-order valence-electron chi connectivity index (χ3n) is 3.02. The van der Waals surface area contributed by atoms with Crippen molar-refractivity contribution in [2.75, 3.05) is 18.6 Å². The molecular weight excluding hydrogens is 294 g/mol. The summed E-state index contributed by atoms with van der Waals surface area (Å²) in [5.74, 6) is -1.84. The molecule has 22 heavy (non-hydrogen) atoms. The zero-order valence-electron chi connectivity index (χ0n) is 12.5. The normalized spacial score (nSPS) is 10.6. The number of hydrogen-bond donors (Lipinski definition) is 0. The lowest BCUT2D eigenvalue weighted by molar-refractivity contribution is 0.0518. The van der Waals surface area contributed by atoms with Crippen molar-refractivity contribution >= 4 is 17.6 Å². The molecule has 0 amide bonds. The van der Waals surface area contributed by atoms with Crippen molar-refractivity contribution in [1.29, 1.82) is 0 Å². The predicted octanol–water partition coefficient (Wildman–Crippen LogP) is 2.52. The van der Waals surface area contributed by atoms with Crippen LogP contribution < -0.4 is 4.90 Å². The maximum atomic E-state index is 13.3. The molecule has 0 aliphatic rings. The van der Waals surface area contributed by atoms with E-state index >= 15 is 0 Å². The van der Waals surface area contributed by atoms with E-state index in [0.29, 0.717) is 12.4 Å². The van der Waals surface area contributed by atoms with Crippen LogP contribution in [0, 0.1) is 11.6 Å². The van der Waals surface area contributed by atoms with Gasteiger partial charge in [-0.15, -0.1) is 0 Å². The molecule has 6 nitrogen and oxygen atoms in total. The average molecular weight is 310 g/mol. The first-order valence-electron chi connectivity index (χ1n) is 6.77. The molecule has 0 N–H and O–H groups in total. The van der Waals surface area contributed by atoms with Gasteiger partial charge in [-0.05, 0) is 13.8 Å². The predicted molar refractivity (Wildman–Crippen MR) is 76.1 cm³/mol. The number of aromatic nitrogens is 3. The lowest BCUT2D eigenvalue weighted by Crippen LogP contribution is -2.16. The molecule has 0 aromatic carbocycles. The standard InChI is InChI=1S/C14H16F2N4O2/c1-4-20-13(7-11(18-20)14(21)22-5-2)19(3)12-6-9(15)10(16)8-17-12/h6-8H,4-5H2,1-3H3. The summed E-state index contributed by atoms with van der Waals surface area (Å²) in [6, 6.07) is 2.50. The van der Waals surface area contributed by atoms with Crippen LogP contribution in [0.5, 0.6) is 0 Å². The Morgan fingerprint density at radius 3 is 2.64 bits per heavy atom. The van der Waals surface area contributed by atoms with Crippen LogP contribution in [0.2, 0.25) is 0 Å². The van der Waals surface area contributed by atoms with E-state index in [1.165, 1.54) is 11.0 Å². The Labute approximate surface area is 126 Å². The van der Waals surface area contributed by atoms with Gasteiger partial charge in [-0.2, -0.15) is 5.10 Å². The minimum Gasteiger partial charge on any atom is -0.461 e. The Kier molecular flexibility index (Phi) is 4.69. The second-order valence-corrected chi connectivity index (χ2v) is 4.44. The van der Waals surface area contributed by atoms with Crippen LogP contribution in [0.3, 0.4) is 0 Å². The number of halogens is 2. The highest BCUT2D eigenvalue weighted by Crippen LogP contribution is 2.24.